The van der Waals surface area contributed by atoms with Gasteiger partial charge in [0.15, 0.2) is 0 Å². The van der Waals surface area contributed by atoms with Crippen molar-refractivity contribution in [1.82, 2.24) is 24.3 Å². The summed E-state index contributed by atoms with van der Waals surface area (Å²) in [7, 11) is 0. The molecule has 3 aliphatic rings. The van der Waals surface area contributed by atoms with E-state index in [1.807, 2.05) is 18.2 Å². The van der Waals surface area contributed by atoms with Gasteiger partial charge in [0.2, 0.25) is 0 Å². The number of nitrogens with zero attached hydrogens (tertiary/aromatic N) is 5. The van der Waals surface area contributed by atoms with Crippen LogP contribution in [0.5, 0.6) is 0 Å². The Bertz CT molecular complexity index is 1120. The quantitative estimate of drug-likeness (QED) is 0.655. The van der Waals surface area contributed by atoms with Crippen LogP contribution in [0.1, 0.15) is 25.0 Å². The molecule has 3 saturated carbocycles. The lowest BCUT2D eigenvalue weighted by molar-refractivity contribution is -0.199. The molecule has 0 amide bonds. The van der Waals surface area contributed by atoms with Crippen LogP contribution in [0.4, 0.5) is 4.39 Å². The van der Waals surface area contributed by atoms with Crippen molar-refractivity contribution in [2.24, 2.45) is 0 Å². The fourth-order valence-electron chi connectivity index (χ4n) is 4.15. The van der Waals surface area contributed by atoms with Crippen LogP contribution in [0, 0.1) is 0 Å². The fraction of sp³-hybridized carbons (Fsp3) is 0.316. The van der Waals surface area contributed by atoms with E-state index in [4.69, 9.17) is 0 Å². The van der Waals surface area contributed by atoms with Gasteiger partial charge in [0, 0.05) is 37.9 Å². The van der Waals surface area contributed by atoms with Crippen molar-refractivity contribution in [3.8, 4) is 11.4 Å². The zero-order valence-corrected chi connectivity index (χ0v) is 14.4. The van der Waals surface area contributed by atoms with Crippen molar-refractivity contribution in [1.29, 1.82) is 0 Å². The van der Waals surface area contributed by atoms with Gasteiger partial charge in [-0.25, -0.2) is 4.39 Å². The van der Waals surface area contributed by atoms with E-state index in [-0.39, 0.29) is 6.54 Å². The molecule has 136 valence electrons. The second-order valence-electron chi connectivity index (χ2n) is 7.44. The van der Waals surface area contributed by atoms with Crippen LogP contribution in [0.15, 0.2) is 58.5 Å². The highest BCUT2D eigenvalue weighted by atomic mass is 19.1. The topological polar surface area (TPSA) is 82.7 Å². The molecular weight excluding hydrogens is 349 g/mol. The molecule has 3 aromatic rings. The van der Waals surface area contributed by atoms with Gasteiger partial charge in [0.05, 0.1) is 23.5 Å². The smallest absolute Gasteiger partial charge is 0.303 e. The molecule has 27 heavy (non-hydrogen) atoms. The van der Waals surface area contributed by atoms with Crippen molar-refractivity contribution in [3.63, 3.8) is 0 Å². The van der Waals surface area contributed by atoms with Crippen molar-refractivity contribution in [2.45, 2.75) is 37.0 Å². The van der Waals surface area contributed by atoms with Crippen molar-refractivity contribution in [3.05, 3.63) is 75.3 Å². The van der Waals surface area contributed by atoms with E-state index >= 15 is 0 Å². The summed E-state index contributed by atoms with van der Waals surface area (Å²) in [6.07, 6.45) is 5.79. The van der Waals surface area contributed by atoms with Gasteiger partial charge in [0.25, 0.3) is 0 Å². The molecule has 0 unspecified atom stereocenters. The third-order valence-electron chi connectivity index (χ3n) is 5.49. The Hall–Kier alpha value is -3.16. The highest BCUT2D eigenvalue weighted by molar-refractivity contribution is 5.52. The predicted molar refractivity (Wildman–Crippen MR) is 95.0 cm³/mol. The summed E-state index contributed by atoms with van der Waals surface area (Å²) >= 11 is 0. The number of hydrogen-bond acceptors (Lipinski definition) is 5. The molecule has 7 nitrogen and oxygen atoms in total. The molecule has 0 spiro atoms. The minimum atomic E-state index is -1.13. The summed E-state index contributed by atoms with van der Waals surface area (Å²) in [5, 5.41) is 8.27. The van der Waals surface area contributed by atoms with Crippen LogP contribution in [-0.2, 0) is 12.1 Å². The number of hydrogen-bond donors (Lipinski definition) is 0. The molecule has 0 aromatic carbocycles. The molecule has 0 aliphatic heterocycles. The first-order valence-corrected chi connectivity index (χ1v) is 8.74. The van der Waals surface area contributed by atoms with E-state index in [1.54, 1.807) is 30.7 Å². The third kappa shape index (κ3) is 2.43. The van der Waals surface area contributed by atoms with Gasteiger partial charge < -0.3 is 9.13 Å². The molecule has 3 aliphatic carbocycles. The van der Waals surface area contributed by atoms with Crippen LogP contribution >= 0.6 is 0 Å². The number of alkyl halides is 1. The van der Waals surface area contributed by atoms with E-state index in [1.165, 1.54) is 9.13 Å². The zero-order valence-electron chi connectivity index (χ0n) is 14.4. The first-order chi connectivity index (χ1) is 13.0. The normalized spacial score (nSPS) is 25.5. The zero-order chi connectivity index (χ0) is 18.6. The number of aromatic nitrogens is 5. The van der Waals surface area contributed by atoms with Crippen LogP contribution in [0.3, 0.4) is 0 Å². The average Bonchev–Trinajstić information content (AvgIpc) is 2.64. The Kier molecular flexibility index (Phi) is 3.22. The van der Waals surface area contributed by atoms with Crippen LogP contribution in [0.25, 0.3) is 11.4 Å². The highest BCUT2D eigenvalue weighted by Gasteiger charge is 2.70. The maximum Gasteiger partial charge on any atom is 0.316 e. The first kappa shape index (κ1) is 16.0. The molecule has 3 fully saturated rings. The molecular formula is C19H16FN5O2. The third-order valence-corrected chi connectivity index (χ3v) is 5.49. The molecule has 6 rings (SSSR count). The minimum absolute atomic E-state index is 0.143. The summed E-state index contributed by atoms with van der Waals surface area (Å²) in [6, 6.07) is 9.05. The predicted octanol–water partition coefficient (Wildman–Crippen LogP) is 1.51. The average molecular weight is 365 g/mol. The number of halogens is 1. The molecule has 0 atom stereocenters. The van der Waals surface area contributed by atoms with Gasteiger partial charge in [-0.2, -0.15) is 5.10 Å². The Morgan fingerprint density at radius 1 is 0.963 bits per heavy atom. The molecule has 3 heterocycles. The lowest BCUT2D eigenvalue weighted by atomic mass is 9.47. The summed E-state index contributed by atoms with van der Waals surface area (Å²) < 4.78 is 16.4. The maximum atomic E-state index is 13.7. The SMILES string of the molecule is O=c1c(=O)n(C23CC(F)(C2)C3)ccn1Cc1ccc(-c2ccccn2)nn1. The van der Waals surface area contributed by atoms with E-state index in [0.717, 1.165) is 0 Å². The van der Waals surface area contributed by atoms with Gasteiger partial charge in [0.1, 0.15) is 11.4 Å². The molecule has 3 aromatic heterocycles. The Balaban J connectivity index is 1.39. The number of rotatable bonds is 4. The lowest BCUT2D eigenvalue weighted by Gasteiger charge is -2.65. The van der Waals surface area contributed by atoms with Crippen molar-refractivity contribution >= 4 is 0 Å². The minimum Gasteiger partial charge on any atom is -0.303 e. The van der Waals surface area contributed by atoms with E-state index in [9.17, 15) is 14.0 Å². The van der Waals surface area contributed by atoms with Crippen LogP contribution in [0.2, 0.25) is 0 Å². The fourth-order valence-corrected chi connectivity index (χ4v) is 4.15. The molecule has 0 radical (unpaired) electrons. The summed E-state index contributed by atoms with van der Waals surface area (Å²) in [5.41, 5.74) is -0.968. The summed E-state index contributed by atoms with van der Waals surface area (Å²) in [4.78, 5) is 29.1. The van der Waals surface area contributed by atoms with Gasteiger partial charge in [-0.05, 0) is 24.3 Å². The van der Waals surface area contributed by atoms with Crippen LogP contribution < -0.4 is 11.1 Å². The number of pyridine rings is 1. The molecule has 0 saturated heterocycles. The van der Waals surface area contributed by atoms with Crippen molar-refractivity contribution < 1.29 is 4.39 Å². The molecule has 8 heteroatoms. The van der Waals surface area contributed by atoms with E-state index in [2.05, 4.69) is 15.2 Å². The van der Waals surface area contributed by atoms with Gasteiger partial charge in [-0.3, -0.25) is 14.6 Å². The summed E-state index contributed by atoms with van der Waals surface area (Å²) in [6.45, 7) is 0.143. The van der Waals surface area contributed by atoms with E-state index < -0.39 is 22.3 Å². The maximum absolute atomic E-state index is 13.7. The monoisotopic (exact) mass is 365 g/mol. The second kappa shape index (κ2) is 5.42. The van der Waals surface area contributed by atoms with Crippen LogP contribution in [-0.4, -0.2) is 30.0 Å². The molecule has 2 bridgehead atoms. The Morgan fingerprint density at radius 3 is 2.41 bits per heavy atom. The van der Waals surface area contributed by atoms with Gasteiger partial charge >= 0.3 is 11.1 Å². The van der Waals surface area contributed by atoms with Gasteiger partial charge in [-0.15, -0.1) is 5.10 Å². The Morgan fingerprint density at radius 2 is 1.78 bits per heavy atom. The standard InChI is InChI=1S/C19H16FN5O2/c20-18-10-19(11-18,12-18)25-8-7-24(16(26)17(25)27)9-13-4-5-15(23-22-13)14-3-1-2-6-21-14/h1-8H,9-12H2. The van der Waals surface area contributed by atoms with Crippen molar-refractivity contribution in [2.75, 3.05) is 0 Å². The van der Waals surface area contributed by atoms with Gasteiger partial charge in [-0.1, -0.05) is 6.07 Å². The Labute approximate surface area is 153 Å². The summed E-state index contributed by atoms with van der Waals surface area (Å²) in [5.74, 6) is 0. The largest absolute Gasteiger partial charge is 0.316 e. The first-order valence-electron chi connectivity index (χ1n) is 8.74. The van der Waals surface area contributed by atoms with E-state index in [0.29, 0.717) is 36.3 Å². The highest BCUT2D eigenvalue weighted by Crippen LogP contribution is 2.66. The lowest BCUT2D eigenvalue weighted by Crippen LogP contribution is -2.72. The second-order valence-corrected chi connectivity index (χ2v) is 7.44. The molecule has 0 N–H and O–H groups in total.